The van der Waals surface area contributed by atoms with Crippen LogP contribution in [-0.4, -0.2) is 16.9 Å². The molecule has 1 N–H and O–H groups in total. The first-order valence-electron chi connectivity index (χ1n) is 9.74. The number of nitrogens with zero attached hydrogens (tertiary/aromatic N) is 1. The van der Waals surface area contributed by atoms with Crippen LogP contribution < -0.4 is 14.8 Å². The van der Waals surface area contributed by atoms with Crippen LogP contribution in [0, 0.1) is 11.8 Å². The molecule has 0 saturated heterocycles. The van der Waals surface area contributed by atoms with Crippen LogP contribution in [0.1, 0.15) is 38.0 Å². The van der Waals surface area contributed by atoms with E-state index in [1.807, 2.05) is 74.5 Å². The number of pyridine rings is 1. The first kappa shape index (κ1) is 20.9. The molecule has 1 heterocycles. The van der Waals surface area contributed by atoms with Gasteiger partial charge in [0.15, 0.2) is 0 Å². The lowest BCUT2D eigenvalue weighted by atomic mass is 10.1. The van der Waals surface area contributed by atoms with E-state index in [1.54, 1.807) is 12.3 Å². The molecule has 1 amide bonds. The Labute approximate surface area is 177 Å². The molecule has 152 valence electrons. The Hall–Kier alpha value is -3.78. The van der Waals surface area contributed by atoms with Crippen molar-refractivity contribution in [2.24, 2.45) is 0 Å². The van der Waals surface area contributed by atoms with E-state index in [0.29, 0.717) is 11.6 Å². The first-order valence-corrected chi connectivity index (χ1v) is 9.74. The monoisotopic (exact) mass is 400 g/mol. The predicted molar refractivity (Wildman–Crippen MR) is 116 cm³/mol. The van der Waals surface area contributed by atoms with E-state index in [9.17, 15) is 4.79 Å². The Kier molecular flexibility index (Phi) is 7.07. The summed E-state index contributed by atoms with van der Waals surface area (Å²) in [5.74, 6) is 7.66. The van der Waals surface area contributed by atoms with Gasteiger partial charge in [0.1, 0.15) is 17.6 Å². The molecule has 5 heteroatoms. The Morgan fingerprint density at radius 1 is 1.00 bits per heavy atom. The molecule has 3 aromatic rings. The maximum Gasteiger partial charge on any atom is 0.219 e. The van der Waals surface area contributed by atoms with Gasteiger partial charge in [-0.05, 0) is 37.6 Å². The van der Waals surface area contributed by atoms with Crippen LogP contribution in [0.5, 0.6) is 17.4 Å². The summed E-state index contributed by atoms with van der Waals surface area (Å²) in [4.78, 5) is 15.3. The lowest BCUT2D eigenvalue weighted by Crippen LogP contribution is -2.28. The summed E-state index contributed by atoms with van der Waals surface area (Å²) in [5, 5.41) is 2.72. The van der Waals surface area contributed by atoms with Gasteiger partial charge in [-0.15, -0.1) is 0 Å². The van der Waals surface area contributed by atoms with Crippen LogP contribution in [0.3, 0.4) is 0 Å². The highest BCUT2D eigenvalue weighted by Gasteiger charge is 2.08. The van der Waals surface area contributed by atoms with Gasteiger partial charge in [-0.1, -0.05) is 48.2 Å². The Morgan fingerprint density at radius 3 is 2.47 bits per heavy atom. The van der Waals surface area contributed by atoms with E-state index in [2.05, 4.69) is 22.1 Å². The fraction of sp³-hybridized carbons (Fsp3) is 0.200. The zero-order valence-electron chi connectivity index (χ0n) is 17.3. The highest BCUT2D eigenvalue weighted by atomic mass is 16.5. The third-order valence-corrected chi connectivity index (χ3v) is 4.20. The molecule has 0 spiro atoms. The number of carbonyl (C=O) groups excluding carboxylic acids is 1. The second-order valence-corrected chi connectivity index (χ2v) is 6.82. The molecule has 0 bridgehead atoms. The summed E-state index contributed by atoms with van der Waals surface area (Å²) >= 11 is 0. The van der Waals surface area contributed by atoms with E-state index in [-0.39, 0.29) is 18.1 Å². The number of hydrogen-bond acceptors (Lipinski definition) is 4. The van der Waals surface area contributed by atoms with Crippen molar-refractivity contribution in [2.45, 2.75) is 32.9 Å². The lowest BCUT2D eigenvalue weighted by molar-refractivity contribution is -0.119. The van der Waals surface area contributed by atoms with Gasteiger partial charge in [0.05, 0.1) is 6.04 Å². The Bertz CT molecular complexity index is 1040. The molecule has 2 atom stereocenters. The van der Waals surface area contributed by atoms with Crippen molar-refractivity contribution in [2.75, 3.05) is 0 Å². The number of benzene rings is 2. The summed E-state index contributed by atoms with van der Waals surface area (Å²) in [6, 6.07) is 20.9. The smallest absolute Gasteiger partial charge is 0.219 e. The molecule has 3 rings (SSSR count). The van der Waals surface area contributed by atoms with E-state index >= 15 is 0 Å². The summed E-state index contributed by atoms with van der Waals surface area (Å²) < 4.78 is 11.9. The van der Waals surface area contributed by atoms with Crippen molar-refractivity contribution in [3.63, 3.8) is 0 Å². The first-order chi connectivity index (χ1) is 14.5. The minimum atomic E-state index is -0.223. The predicted octanol–water partition coefficient (Wildman–Crippen LogP) is 4.89. The number of aromatic nitrogens is 1. The molecule has 5 nitrogen and oxygen atoms in total. The van der Waals surface area contributed by atoms with Gasteiger partial charge in [-0.25, -0.2) is 4.98 Å². The zero-order valence-corrected chi connectivity index (χ0v) is 17.3. The molecule has 0 radical (unpaired) electrons. The van der Waals surface area contributed by atoms with E-state index in [0.717, 1.165) is 16.9 Å². The number of carbonyl (C=O) groups is 1. The molecule has 2 aromatic carbocycles. The molecule has 0 aliphatic carbocycles. The summed E-state index contributed by atoms with van der Waals surface area (Å²) in [6.07, 6.45) is 1.57. The minimum Gasteiger partial charge on any atom is -0.486 e. The summed E-state index contributed by atoms with van der Waals surface area (Å²) in [6.45, 7) is 5.30. The quantitative estimate of drug-likeness (QED) is 0.599. The maximum absolute atomic E-state index is 11.0. The highest BCUT2D eigenvalue weighted by molar-refractivity contribution is 5.73. The van der Waals surface area contributed by atoms with Gasteiger partial charge >= 0.3 is 0 Å². The average Bonchev–Trinajstić information content (AvgIpc) is 2.74. The van der Waals surface area contributed by atoms with Crippen molar-refractivity contribution in [3.8, 4) is 29.2 Å². The minimum absolute atomic E-state index is 0.0719. The van der Waals surface area contributed by atoms with E-state index < -0.39 is 0 Å². The third kappa shape index (κ3) is 6.39. The van der Waals surface area contributed by atoms with Crippen molar-refractivity contribution < 1.29 is 14.3 Å². The second kappa shape index (κ2) is 10.1. The molecule has 0 aliphatic heterocycles. The standard InChI is InChI=1S/C25H24N2O3/c1-18(27-20(3)28)12-13-21-14-15-25(26-17-21)30-24-11-7-10-23(16-24)29-19(2)22-8-5-4-6-9-22/h4-11,14-19H,1-3H3,(H,27,28). The van der Waals surface area contributed by atoms with Crippen molar-refractivity contribution in [3.05, 3.63) is 84.1 Å². The van der Waals surface area contributed by atoms with Gasteiger partial charge in [0.25, 0.3) is 0 Å². The van der Waals surface area contributed by atoms with Gasteiger partial charge in [-0.3, -0.25) is 4.79 Å². The normalized spacial score (nSPS) is 12.1. The van der Waals surface area contributed by atoms with Gasteiger partial charge in [0.2, 0.25) is 11.8 Å². The number of nitrogens with one attached hydrogen (secondary N) is 1. The van der Waals surface area contributed by atoms with Crippen molar-refractivity contribution in [1.82, 2.24) is 10.3 Å². The Balaban J connectivity index is 1.62. The lowest BCUT2D eigenvalue weighted by Gasteiger charge is -2.15. The zero-order chi connectivity index (χ0) is 21.3. The molecular formula is C25H24N2O3. The molecule has 0 aliphatic rings. The molecule has 0 fully saturated rings. The van der Waals surface area contributed by atoms with Crippen molar-refractivity contribution in [1.29, 1.82) is 0 Å². The van der Waals surface area contributed by atoms with Crippen molar-refractivity contribution >= 4 is 5.91 Å². The SMILES string of the molecule is CC(=O)NC(C)C#Cc1ccc(Oc2cccc(OC(C)c3ccccc3)c2)nc1. The summed E-state index contributed by atoms with van der Waals surface area (Å²) in [5.41, 5.74) is 1.85. The maximum atomic E-state index is 11.0. The van der Waals surface area contributed by atoms with Crippen LogP contribution in [0.25, 0.3) is 0 Å². The molecule has 2 unspecified atom stereocenters. The molecule has 0 saturated carbocycles. The molecule has 1 aromatic heterocycles. The average molecular weight is 400 g/mol. The topological polar surface area (TPSA) is 60.5 Å². The fourth-order valence-electron chi connectivity index (χ4n) is 2.78. The van der Waals surface area contributed by atoms with Gasteiger partial charge in [0, 0.05) is 30.8 Å². The van der Waals surface area contributed by atoms with Crippen LogP contribution in [-0.2, 0) is 4.79 Å². The highest BCUT2D eigenvalue weighted by Crippen LogP contribution is 2.27. The van der Waals surface area contributed by atoms with Crippen LogP contribution >= 0.6 is 0 Å². The van der Waals surface area contributed by atoms with Crippen LogP contribution in [0.2, 0.25) is 0 Å². The Morgan fingerprint density at radius 2 is 1.77 bits per heavy atom. The second-order valence-electron chi connectivity index (χ2n) is 6.82. The number of ether oxygens (including phenoxy) is 2. The van der Waals surface area contributed by atoms with Crippen LogP contribution in [0.4, 0.5) is 0 Å². The third-order valence-electron chi connectivity index (χ3n) is 4.20. The van der Waals surface area contributed by atoms with Crippen LogP contribution in [0.15, 0.2) is 72.9 Å². The van der Waals surface area contributed by atoms with E-state index in [4.69, 9.17) is 9.47 Å². The number of amides is 1. The summed E-state index contributed by atoms with van der Waals surface area (Å²) in [7, 11) is 0. The fourth-order valence-corrected chi connectivity index (χ4v) is 2.78. The van der Waals surface area contributed by atoms with E-state index in [1.165, 1.54) is 6.92 Å². The largest absolute Gasteiger partial charge is 0.486 e. The number of rotatable bonds is 6. The molecular weight excluding hydrogens is 376 g/mol. The molecule has 30 heavy (non-hydrogen) atoms. The number of hydrogen-bond donors (Lipinski definition) is 1. The van der Waals surface area contributed by atoms with Gasteiger partial charge < -0.3 is 14.8 Å². The van der Waals surface area contributed by atoms with Gasteiger partial charge in [-0.2, -0.15) is 0 Å².